The molecule has 0 aromatic carbocycles. The van der Waals surface area contributed by atoms with E-state index in [2.05, 4.69) is 27.2 Å². The zero-order chi connectivity index (χ0) is 12.1. The summed E-state index contributed by atoms with van der Waals surface area (Å²) in [5.74, 6) is 1.69. The van der Waals surface area contributed by atoms with Gasteiger partial charge in [-0.2, -0.15) is 0 Å². The van der Waals surface area contributed by atoms with Gasteiger partial charge in [0.15, 0.2) is 5.82 Å². The fourth-order valence-electron chi connectivity index (χ4n) is 1.70. The lowest BCUT2D eigenvalue weighted by Gasteiger charge is -2.16. The van der Waals surface area contributed by atoms with Gasteiger partial charge in [0.2, 0.25) is 0 Å². The Hall–Kier alpha value is -1.75. The van der Waals surface area contributed by atoms with Crippen LogP contribution in [0, 0.1) is 0 Å². The smallest absolute Gasteiger partial charge is 0.152 e. The molecule has 0 fully saturated rings. The van der Waals surface area contributed by atoms with E-state index in [0.29, 0.717) is 0 Å². The fourth-order valence-corrected chi connectivity index (χ4v) is 1.70. The summed E-state index contributed by atoms with van der Waals surface area (Å²) < 4.78 is 1.99. The van der Waals surface area contributed by atoms with E-state index >= 15 is 0 Å². The van der Waals surface area contributed by atoms with E-state index in [-0.39, 0.29) is 6.04 Å². The molecule has 0 spiro atoms. The van der Waals surface area contributed by atoms with Crippen LogP contribution in [0.4, 0.5) is 0 Å². The van der Waals surface area contributed by atoms with E-state index in [1.165, 1.54) is 0 Å². The Kier molecular flexibility index (Phi) is 3.82. The van der Waals surface area contributed by atoms with E-state index in [0.717, 1.165) is 24.6 Å². The number of hydrogen-bond acceptors (Lipinski definition) is 4. The SMILES string of the molecule is CCCNC(c1ncccn1)c1nccn1C. The highest BCUT2D eigenvalue weighted by molar-refractivity contribution is 5.11. The van der Waals surface area contributed by atoms with Crippen LogP contribution >= 0.6 is 0 Å². The number of hydrogen-bond donors (Lipinski definition) is 1. The van der Waals surface area contributed by atoms with Crippen molar-refractivity contribution in [1.29, 1.82) is 0 Å². The molecule has 90 valence electrons. The predicted octanol–water partition coefficient (Wildman–Crippen LogP) is 1.30. The molecule has 5 nitrogen and oxygen atoms in total. The molecule has 17 heavy (non-hydrogen) atoms. The Morgan fingerprint density at radius 1 is 1.24 bits per heavy atom. The molecule has 2 aromatic rings. The average molecular weight is 231 g/mol. The van der Waals surface area contributed by atoms with Gasteiger partial charge in [-0.3, -0.25) is 0 Å². The summed E-state index contributed by atoms with van der Waals surface area (Å²) in [6.07, 6.45) is 8.29. The predicted molar refractivity (Wildman–Crippen MR) is 65.4 cm³/mol. The summed E-state index contributed by atoms with van der Waals surface area (Å²) >= 11 is 0. The third-order valence-corrected chi connectivity index (χ3v) is 2.56. The van der Waals surface area contributed by atoms with Crippen LogP contribution in [0.25, 0.3) is 0 Å². The maximum Gasteiger partial charge on any atom is 0.152 e. The average Bonchev–Trinajstić information content (AvgIpc) is 2.78. The van der Waals surface area contributed by atoms with Crippen LogP contribution in [0.15, 0.2) is 30.9 Å². The Balaban J connectivity index is 2.29. The third kappa shape index (κ3) is 2.68. The molecule has 5 heteroatoms. The minimum absolute atomic E-state index is 0.0452. The number of rotatable bonds is 5. The summed E-state index contributed by atoms with van der Waals surface area (Å²) in [4.78, 5) is 13.0. The topological polar surface area (TPSA) is 55.6 Å². The van der Waals surface area contributed by atoms with Crippen LogP contribution < -0.4 is 5.32 Å². The monoisotopic (exact) mass is 231 g/mol. The standard InChI is InChI=1S/C12H17N5/c1-3-5-13-10(11-14-6-4-7-15-11)12-16-8-9-17(12)2/h4,6-10,13H,3,5H2,1-2H3. The van der Waals surface area contributed by atoms with E-state index in [4.69, 9.17) is 0 Å². The lowest BCUT2D eigenvalue weighted by molar-refractivity contribution is 0.532. The fraction of sp³-hybridized carbons (Fsp3) is 0.417. The van der Waals surface area contributed by atoms with Gasteiger partial charge in [-0.05, 0) is 19.0 Å². The molecule has 0 aliphatic heterocycles. The van der Waals surface area contributed by atoms with Gasteiger partial charge < -0.3 is 9.88 Å². The van der Waals surface area contributed by atoms with Crippen LogP contribution in [0.1, 0.15) is 31.0 Å². The van der Waals surface area contributed by atoms with Crippen LogP contribution in [-0.4, -0.2) is 26.1 Å². The second kappa shape index (κ2) is 5.54. The van der Waals surface area contributed by atoms with Gasteiger partial charge in [0.25, 0.3) is 0 Å². The van der Waals surface area contributed by atoms with Gasteiger partial charge in [-0.15, -0.1) is 0 Å². The summed E-state index contributed by atoms with van der Waals surface area (Å²) in [7, 11) is 1.98. The Bertz CT molecular complexity index is 451. The Labute approximate surface area is 101 Å². The van der Waals surface area contributed by atoms with E-state index in [9.17, 15) is 0 Å². The van der Waals surface area contributed by atoms with Gasteiger partial charge in [-0.1, -0.05) is 6.92 Å². The van der Waals surface area contributed by atoms with Crippen molar-refractivity contribution in [3.8, 4) is 0 Å². The second-order valence-corrected chi connectivity index (χ2v) is 3.89. The van der Waals surface area contributed by atoms with Gasteiger partial charge in [0, 0.05) is 31.8 Å². The van der Waals surface area contributed by atoms with Crippen LogP contribution in [0.2, 0.25) is 0 Å². The van der Waals surface area contributed by atoms with Crippen molar-refractivity contribution in [2.45, 2.75) is 19.4 Å². The minimum Gasteiger partial charge on any atom is -0.336 e. The molecule has 2 heterocycles. The highest BCUT2D eigenvalue weighted by atomic mass is 15.1. The van der Waals surface area contributed by atoms with E-state index < -0.39 is 0 Å². The van der Waals surface area contributed by atoms with Crippen molar-refractivity contribution in [1.82, 2.24) is 24.8 Å². The van der Waals surface area contributed by atoms with Crippen molar-refractivity contribution >= 4 is 0 Å². The van der Waals surface area contributed by atoms with Gasteiger partial charge in [-0.25, -0.2) is 15.0 Å². The van der Waals surface area contributed by atoms with Crippen molar-refractivity contribution < 1.29 is 0 Å². The first-order valence-electron chi connectivity index (χ1n) is 5.80. The minimum atomic E-state index is -0.0452. The summed E-state index contributed by atoms with van der Waals surface area (Å²) in [6.45, 7) is 3.05. The third-order valence-electron chi connectivity index (χ3n) is 2.56. The summed E-state index contributed by atoms with van der Waals surface area (Å²) in [5, 5.41) is 3.42. The Morgan fingerprint density at radius 3 is 2.59 bits per heavy atom. The lowest BCUT2D eigenvalue weighted by Crippen LogP contribution is -2.27. The molecule has 2 aromatic heterocycles. The molecule has 1 N–H and O–H groups in total. The summed E-state index contributed by atoms with van der Waals surface area (Å²) in [6, 6.07) is 1.77. The highest BCUT2D eigenvalue weighted by Gasteiger charge is 2.19. The zero-order valence-electron chi connectivity index (χ0n) is 10.2. The summed E-state index contributed by atoms with van der Waals surface area (Å²) in [5.41, 5.74) is 0. The molecule has 0 amide bonds. The molecule has 0 saturated heterocycles. The van der Waals surface area contributed by atoms with Crippen molar-refractivity contribution in [3.63, 3.8) is 0 Å². The van der Waals surface area contributed by atoms with Crippen LogP contribution in [0.5, 0.6) is 0 Å². The molecule has 0 aliphatic rings. The molecule has 0 radical (unpaired) electrons. The molecule has 2 rings (SSSR count). The maximum absolute atomic E-state index is 4.37. The number of nitrogens with one attached hydrogen (secondary N) is 1. The molecule has 1 unspecified atom stereocenters. The largest absolute Gasteiger partial charge is 0.336 e. The molecular weight excluding hydrogens is 214 g/mol. The Morgan fingerprint density at radius 2 is 2.00 bits per heavy atom. The highest BCUT2D eigenvalue weighted by Crippen LogP contribution is 2.15. The molecule has 0 saturated carbocycles. The van der Waals surface area contributed by atoms with E-state index in [1.54, 1.807) is 18.6 Å². The van der Waals surface area contributed by atoms with Crippen molar-refractivity contribution in [2.75, 3.05) is 6.54 Å². The van der Waals surface area contributed by atoms with E-state index in [1.807, 2.05) is 23.9 Å². The van der Waals surface area contributed by atoms with Gasteiger partial charge in [0.1, 0.15) is 11.9 Å². The second-order valence-electron chi connectivity index (χ2n) is 3.89. The molecule has 1 atom stereocenters. The number of nitrogens with zero attached hydrogens (tertiary/aromatic N) is 4. The number of aryl methyl sites for hydroxylation is 1. The first-order chi connectivity index (χ1) is 8.33. The molecule has 0 bridgehead atoms. The zero-order valence-corrected chi connectivity index (χ0v) is 10.2. The normalized spacial score (nSPS) is 12.6. The van der Waals surface area contributed by atoms with Crippen LogP contribution in [-0.2, 0) is 7.05 Å². The molecular formula is C12H17N5. The first kappa shape index (κ1) is 11.7. The number of aromatic nitrogens is 4. The van der Waals surface area contributed by atoms with Crippen molar-refractivity contribution in [2.24, 2.45) is 7.05 Å². The first-order valence-corrected chi connectivity index (χ1v) is 5.80. The maximum atomic E-state index is 4.37. The van der Waals surface area contributed by atoms with Crippen LogP contribution in [0.3, 0.4) is 0 Å². The van der Waals surface area contributed by atoms with Gasteiger partial charge >= 0.3 is 0 Å². The number of imidazole rings is 1. The van der Waals surface area contributed by atoms with Gasteiger partial charge in [0.05, 0.1) is 0 Å². The van der Waals surface area contributed by atoms with Crippen molar-refractivity contribution in [3.05, 3.63) is 42.5 Å². The lowest BCUT2D eigenvalue weighted by atomic mass is 10.2. The quantitative estimate of drug-likeness (QED) is 0.842. The molecule has 0 aliphatic carbocycles.